The molecule has 28 heavy (non-hydrogen) atoms. The Hall–Kier alpha value is -2.60. The minimum absolute atomic E-state index is 0.0729. The number of benzene rings is 1. The highest BCUT2D eigenvalue weighted by molar-refractivity contribution is 6.31. The molecule has 2 heterocycles. The van der Waals surface area contributed by atoms with E-state index in [1.807, 2.05) is 23.1 Å². The van der Waals surface area contributed by atoms with Gasteiger partial charge in [0.15, 0.2) is 0 Å². The van der Waals surface area contributed by atoms with Crippen LogP contribution in [0.15, 0.2) is 47.4 Å². The molecule has 1 fully saturated rings. The molecule has 1 N–H and O–H groups in total. The van der Waals surface area contributed by atoms with Crippen LogP contribution in [0, 0.1) is 0 Å². The second-order valence-corrected chi connectivity index (χ2v) is 7.33. The van der Waals surface area contributed by atoms with E-state index in [0.717, 1.165) is 31.5 Å². The standard InChI is InChI=1S/C21H24ClN3O3/c22-18-7-3-2-6-16(18)14-25-15-17(8-9-19(25)26)21(28)23-11-10-20(27)24-12-4-1-5-13-24/h2-3,6-9,15H,1,4-5,10-14H2,(H,23,28). The van der Waals surface area contributed by atoms with Crippen LogP contribution in [0.5, 0.6) is 0 Å². The number of nitrogens with one attached hydrogen (secondary N) is 1. The molecule has 0 bridgehead atoms. The summed E-state index contributed by atoms with van der Waals surface area (Å²) in [6.45, 7) is 2.17. The minimum Gasteiger partial charge on any atom is -0.351 e. The molecule has 2 amide bonds. The lowest BCUT2D eigenvalue weighted by Gasteiger charge is -2.26. The van der Waals surface area contributed by atoms with Crippen molar-refractivity contribution in [3.8, 4) is 0 Å². The van der Waals surface area contributed by atoms with Crippen molar-refractivity contribution in [3.05, 3.63) is 69.1 Å². The normalized spacial score (nSPS) is 14.0. The smallest absolute Gasteiger partial charge is 0.252 e. The number of pyridine rings is 1. The van der Waals surface area contributed by atoms with Crippen molar-refractivity contribution in [2.24, 2.45) is 0 Å². The summed E-state index contributed by atoms with van der Waals surface area (Å²) in [5.41, 5.74) is 0.963. The fraction of sp³-hybridized carbons (Fsp3) is 0.381. The van der Waals surface area contributed by atoms with Crippen LogP contribution in [0.2, 0.25) is 5.02 Å². The summed E-state index contributed by atoms with van der Waals surface area (Å²) < 4.78 is 1.45. The number of rotatable bonds is 6. The van der Waals surface area contributed by atoms with Crippen molar-refractivity contribution in [2.75, 3.05) is 19.6 Å². The van der Waals surface area contributed by atoms with Gasteiger partial charge in [0, 0.05) is 43.3 Å². The number of amides is 2. The molecular formula is C21H24ClN3O3. The number of hydrogen-bond acceptors (Lipinski definition) is 3. The molecule has 2 aromatic rings. The van der Waals surface area contributed by atoms with Crippen molar-refractivity contribution >= 4 is 23.4 Å². The first-order chi connectivity index (χ1) is 13.5. The summed E-state index contributed by atoms with van der Waals surface area (Å²) >= 11 is 6.16. The molecule has 0 unspecified atom stereocenters. The van der Waals surface area contributed by atoms with Crippen LogP contribution in [0.4, 0.5) is 0 Å². The maximum Gasteiger partial charge on any atom is 0.252 e. The molecule has 7 heteroatoms. The second-order valence-electron chi connectivity index (χ2n) is 6.92. The van der Waals surface area contributed by atoms with Gasteiger partial charge in [0.25, 0.3) is 11.5 Å². The molecule has 3 rings (SSSR count). The van der Waals surface area contributed by atoms with Crippen LogP contribution >= 0.6 is 11.6 Å². The summed E-state index contributed by atoms with van der Waals surface area (Å²) in [5, 5.41) is 3.33. The van der Waals surface area contributed by atoms with Gasteiger partial charge in [-0.25, -0.2) is 0 Å². The zero-order valence-corrected chi connectivity index (χ0v) is 16.5. The Morgan fingerprint density at radius 3 is 2.54 bits per heavy atom. The van der Waals surface area contributed by atoms with Gasteiger partial charge < -0.3 is 14.8 Å². The highest BCUT2D eigenvalue weighted by Gasteiger charge is 2.16. The molecule has 1 saturated heterocycles. The third kappa shape index (κ3) is 5.23. The van der Waals surface area contributed by atoms with Crippen LogP contribution < -0.4 is 10.9 Å². The van der Waals surface area contributed by atoms with E-state index < -0.39 is 0 Å². The van der Waals surface area contributed by atoms with E-state index in [1.54, 1.807) is 6.07 Å². The molecular weight excluding hydrogens is 378 g/mol. The molecule has 0 atom stereocenters. The van der Waals surface area contributed by atoms with Crippen molar-refractivity contribution in [1.82, 2.24) is 14.8 Å². The number of aromatic nitrogens is 1. The lowest BCUT2D eigenvalue weighted by Crippen LogP contribution is -2.38. The molecule has 1 aliphatic rings. The molecule has 6 nitrogen and oxygen atoms in total. The third-order valence-electron chi connectivity index (χ3n) is 4.88. The van der Waals surface area contributed by atoms with E-state index in [0.29, 0.717) is 10.6 Å². The van der Waals surface area contributed by atoms with Crippen molar-refractivity contribution in [2.45, 2.75) is 32.2 Å². The Labute approximate surface area is 169 Å². The Balaban J connectivity index is 1.58. The molecule has 1 aromatic heterocycles. The van der Waals surface area contributed by atoms with Crippen molar-refractivity contribution in [3.63, 3.8) is 0 Å². The lowest BCUT2D eigenvalue weighted by molar-refractivity contribution is -0.131. The SMILES string of the molecule is O=C(NCCC(=O)N1CCCCC1)c1ccc(=O)n(Cc2ccccc2Cl)c1. The van der Waals surface area contributed by atoms with Gasteiger partial charge in [-0.2, -0.15) is 0 Å². The molecule has 148 valence electrons. The molecule has 0 aliphatic carbocycles. The fourth-order valence-corrected chi connectivity index (χ4v) is 3.48. The minimum atomic E-state index is -0.306. The Morgan fingerprint density at radius 2 is 1.79 bits per heavy atom. The largest absolute Gasteiger partial charge is 0.351 e. The van der Waals surface area contributed by atoms with Gasteiger partial charge in [0.05, 0.1) is 12.1 Å². The van der Waals surface area contributed by atoms with Crippen molar-refractivity contribution < 1.29 is 9.59 Å². The van der Waals surface area contributed by atoms with Gasteiger partial charge in [-0.3, -0.25) is 14.4 Å². The Morgan fingerprint density at radius 1 is 1.04 bits per heavy atom. The predicted molar refractivity (Wildman–Crippen MR) is 109 cm³/mol. The summed E-state index contributed by atoms with van der Waals surface area (Å²) in [4.78, 5) is 38.6. The Bertz CT molecular complexity index is 904. The van der Waals surface area contributed by atoms with E-state index in [-0.39, 0.29) is 36.9 Å². The van der Waals surface area contributed by atoms with E-state index in [4.69, 9.17) is 11.6 Å². The number of nitrogens with zero attached hydrogens (tertiary/aromatic N) is 2. The maximum atomic E-state index is 12.4. The topological polar surface area (TPSA) is 71.4 Å². The lowest BCUT2D eigenvalue weighted by atomic mass is 10.1. The molecule has 0 saturated carbocycles. The number of carbonyl (C=O) groups is 2. The summed E-state index contributed by atoms with van der Waals surface area (Å²) in [5.74, 6) is -0.233. The van der Waals surface area contributed by atoms with Crippen LogP contribution in [-0.2, 0) is 11.3 Å². The molecule has 0 spiro atoms. The highest BCUT2D eigenvalue weighted by Crippen LogP contribution is 2.15. The van der Waals surface area contributed by atoms with Crippen LogP contribution in [0.1, 0.15) is 41.6 Å². The van der Waals surface area contributed by atoms with Gasteiger partial charge in [0.2, 0.25) is 5.91 Å². The van der Waals surface area contributed by atoms with Crippen LogP contribution in [0.25, 0.3) is 0 Å². The number of piperidine rings is 1. The number of hydrogen-bond donors (Lipinski definition) is 1. The number of likely N-dealkylation sites (tertiary alicyclic amines) is 1. The Kier molecular flexibility index (Phi) is 6.87. The zero-order valence-electron chi connectivity index (χ0n) is 15.7. The fourth-order valence-electron chi connectivity index (χ4n) is 3.29. The first-order valence-corrected chi connectivity index (χ1v) is 9.92. The average Bonchev–Trinajstić information content (AvgIpc) is 2.71. The van der Waals surface area contributed by atoms with E-state index in [9.17, 15) is 14.4 Å². The van der Waals surface area contributed by atoms with Crippen molar-refractivity contribution in [1.29, 1.82) is 0 Å². The quantitative estimate of drug-likeness (QED) is 0.808. The molecule has 1 aliphatic heterocycles. The predicted octanol–water partition coefficient (Wildman–Crippen LogP) is 2.68. The van der Waals surface area contributed by atoms with Crippen LogP contribution in [-0.4, -0.2) is 40.9 Å². The summed E-state index contributed by atoms with van der Waals surface area (Å²) in [6, 6.07) is 10.1. The third-order valence-corrected chi connectivity index (χ3v) is 5.25. The van der Waals surface area contributed by atoms with E-state index >= 15 is 0 Å². The summed E-state index contributed by atoms with van der Waals surface area (Å²) in [6.07, 6.45) is 5.07. The summed E-state index contributed by atoms with van der Waals surface area (Å²) in [7, 11) is 0. The van der Waals surface area contributed by atoms with E-state index in [2.05, 4.69) is 5.32 Å². The van der Waals surface area contributed by atoms with Gasteiger partial charge in [0.1, 0.15) is 0 Å². The average molecular weight is 402 g/mol. The highest BCUT2D eigenvalue weighted by atomic mass is 35.5. The molecule has 0 radical (unpaired) electrons. The van der Waals surface area contributed by atoms with Gasteiger partial charge in [-0.05, 0) is 37.0 Å². The van der Waals surface area contributed by atoms with Gasteiger partial charge >= 0.3 is 0 Å². The van der Waals surface area contributed by atoms with Gasteiger partial charge in [-0.15, -0.1) is 0 Å². The number of halogens is 1. The van der Waals surface area contributed by atoms with Gasteiger partial charge in [-0.1, -0.05) is 29.8 Å². The molecule has 1 aromatic carbocycles. The monoisotopic (exact) mass is 401 g/mol. The number of carbonyl (C=O) groups excluding carboxylic acids is 2. The van der Waals surface area contributed by atoms with E-state index in [1.165, 1.54) is 29.3 Å². The maximum absolute atomic E-state index is 12.4. The zero-order chi connectivity index (χ0) is 19.9. The van der Waals surface area contributed by atoms with Crippen LogP contribution in [0.3, 0.4) is 0 Å². The first-order valence-electron chi connectivity index (χ1n) is 9.54. The second kappa shape index (κ2) is 9.55. The first kappa shape index (κ1) is 20.1.